The average molecular weight is 392 g/mol. The van der Waals surface area contributed by atoms with E-state index in [1.807, 2.05) is 18.4 Å². The van der Waals surface area contributed by atoms with Crippen LogP contribution in [0.4, 0.5) is 5.69 Å². The third-order valence-electron chi connectivity index (χ3n) is 4.69. The van der Waals surface area contributed by atoms with Gasteiger partial charge in [0, 0.05) is 22.8 Å². The lowest BCUT2D eigenvalue weighted by molar-refractivity contribution is -0.132. The van der Waals surface area contributed by atoms with Crippen molar-refractivity contribution in [2.24, 2.45) is 0 Å². The van der Waals surface area contributed by atoms with Crippen molar-refractivity contribution < 1.29 is 19.8 Å². The van der Waals surface area contributed by atoms with E-state index in [0.717, 1.165) is 10.4 Å². The summed E-state index contributed by atoms with van der Waals surface area (Å²) in [6.45, 7) is 1.88. The molecule has 1 atom stereocenters. The predicted molar refractivity (Wildman–Crippen MR) is 106 cm³/mol. The summed E-state index contributed by atoms with van der Waals surface area (Å²) in [7, 11) is 0. The van der Waals surface area contributed by atoms with Gasteiger partial charge in [0.05, 0.1) is 11.3 Å². The Morgan fingerprint density at radius 1 is 1.11 bits per heavy atom. The van der Waals surface area contributed by atoms with Gasteiger partial charge in [0.15, 0.2) is 0 Å². The first-order chi connectivity index (χ1) is 13.5. The number of anilines is 1. The largest absolute Gasteiger partial charge is 0.507 e. The molecule has 1 aromatic carbocycles. The van der Waals surface area contributed by atoms with Crippen molar-refractivity contribution in [3.63, 3.8) is 0 Å². The molecule has 0 saturated carbocycles. The van der Waals surface area contributed by atoms with Crippen LogP contribution in [0.1, 0.15) is 22.0 Å². The molecule has 3 heterocycles. The molecule has 140 valence electrons. The lowest BCUT2D eigenvalue weighted by Crippen LogP contribution is -2.29. The number of Topliss-reactive ketones (excluding diaryl/α,β-unsaturated/α-hetero) is 1. The van der Waals surface area contributed by atoms with Gasteiger partial charge in [-0.25, -0.2) is 0 Å². The van der Waals surface area contributed by atoms with Crippen LogP contribution in [-0.2, 0) is 9.59 Å². The monoisotopic (exact) mass is 392 g/mol. The second-order valence-corrected chi connectivity index (χ2v) is 7.31. The quantitative estimate of drug-likeness (QED) is 0.402. The van der Waals surface area contributed by atoms with Crippen LogP contribution in [0.15, 0.2) is 65.8 Å². The molecule has 7 heteroatoms. The Morgan fingerprint density at radius 3 is 2.46 bits per heavy atom. The van der Waals surface area contributed by atoms with Crippen LogP contribution >= 0.6 is 11.3 Å². The van der Waals surface area contributed by atoms with E-state index in [4.69, 9.17) is 0 Å². The summed E-state index contributed by atoms with van der Waals surface area (Å²) in [5, 5.41) is 23.1. The van der Waals surface area contributed by atoms with E-state index in [1.54, 1.807) is 30.3 Å². The Labute approximate surface area is 165 Å². The molecule has 3 aromatic rings. The topological polar surface area (TPSA) is 90.7 Å². The maximum atomic E-state index is 12.9. The second kappa shape index (κ2) is 6.94. The van der Waals surface area contributed by atoms with E-state index in [2.05, 4.69) is 4.98 Å². The smallest absolute Gasteiger partial charge is 0.300 e. The number of aliphatic hydroxyl groups excluding tert-OH is 1. The summed E-state index contributed by atoms with van der Waals surface area (Å²) in [6, 6.07) is 10.5. The first kappa shape index (κ1) is 17.9. The van der Waals surface area contributed by atoms with Crippen LogP contribution in [0.25, 0.3) is 5.76 Å². The fourth-order valence-electron chi connectivity index (χ4n) is 3.33. The molecule has 28 heavy (non-hydrogen) atoms. The lowest BCUT2D eigenvalue weighted by Gasteiger charge is -2.25. The minimum Gasteiger partial charge on any atom is -0.507 e. The number of aromatic nitrogens is 1. The molecule has 1 aliphatic heterocycles. The van der Waals surface area contributed by atoms with Gasteiger partial charge in [-0.3, -0.25) is 19.5 Å². The van der Waals surface area contributed by atoms with Crippen molar-refractivity contribution >= 4 is 34.5 Å². The Morgan fingerprint density at radius 2 is 1.82 bits per heavy atom. The molecule has 1 amide bonds. The van der Waals surface area contributed by atoms with Crippen molar-refractivity contribution in [2.45, 2.75) is 13.0 Å². The number of nitrogens with zero attached hydrogens (tertiary/aromatic N) is 2. The molecule has 2 N–H and O–H groups in total. The van der Waals surface area contributed by atoms with Crippen LogP contribution in [0.5, 0.6) is 5.75 Å². The normalized spacial score (nSPS) is 18.6. The molecule has 0 radical (unpaired) electrons. The molecule has 0 bridgehead atoms. The lowest BCUT2D eigenvalue weighted by atomic mass is 9.98. The van der Waals surface area contributed by atoms with E-state index in [9.17, 15) is 19.8 Å². The van der Waals surface area contributed by atoms with Crippen LogP contribution in [-0.4, -0.2) is 26.9 Å². The maximum Gasteiger partial charge on any atom is 0.300 e. The number of aliphatic hydroxyl groups is 1. The number of pyridine rings is 1. The van der Waals surface area contributed by atoms with Gasteiger partial charge in [-0.15, -0.1) is 11.3 Å². The Kier molecular flexibility index (Phi) is 4.44. The third-order valence-corrected chi connectivity index (χ3v) is 5.76. The SMILES string of the molecule is Cc1ccsc1C1/C(=C(/O)c2ccncc2)C(=O)C(=O)N1c1ccccc1O. The minimum absolute atomic E-state index is 0.00926. The highest BCUT2D eigenvalue weighted by Gasteiger charge is 2.48. The van der Waals surface area contributed by atoms with E-state index in [1.165, 1.54) is 34.7 Å². The number of phenols is 1. The summed E-state index contributed by atoms with van der Waals surface area (Å²) >= 11 is 1.39. The van der Waals surface area contributed by atoms with Crippen molar-refractivity contribution in [3.8, 4) is 5.75 Å². The molecular weight excluding hydrogens is 376 g/mol. The van der Waals surface area contributed by atoms with Crippen LogP contribution < -0.4 is 4.90 Å². The number of thiophene rings is 1. The highest BCUT2D eigenvalue weighted by Crippen LogP contribution is 2.46. The Hall–Kier alpha value is -3.45. The van der Waals surface area contributed by atoms with Crippen molar-refractivity contribution in [3.05, 3.63) is 81.8 Å². The van der Waals surface area contributed by atoms with Crippen LogP contribution in [0.3, 0.4) is 0 Å². The summed E-state index contributed by atoms with van der Waals surface area (Å²) in [4.78, 5) is 31.8. The fraction of sp³-hybridized carbons (Fsp3) is 0.0952. The van der Waals surface area contributed by atoms with Gasteiger partial charge in [-0.05, 0) is 48.2 Å². The van der Waals surface area contributed by atoms with Crippen LogP contribution in [0.2, 0.25) is 0 Å². The van der Waals surface area contributed by atoms with E-state index in [0.29, 0.717) is 5.56 Å². The molecule has 2 aromatic heterocycles. The average Bonchev–Trinajstić information content (AvgIpc) is 3.24. The first-order valence-electron chi connectivity index (χ1n) is 8.54. The van der Waals surface area contributed by atoms with Gasteiger partial charge in [0.2, 0.25) is 0 Å². The predicted octanol–water partition coefficient (Wildman–Crippen LogP) is 3.78. The summed E-state index contributed by atoms with van der Waals surface area (Å²) in [5.74, 6) is -1.98. The number of aryl methyl sites for hydroxylation is 1. The maximum absolute atomic E-state index is 12.9. The number of aromatic hydroxyl groups is 1. The molecule has 4 rings (SSSR count). The van der Waals surface area contributed by atoms with Gasteiger partial charge in [-0.2, -0.15) is 0 Å². The third kappa shape index (κ3) is 2.76. The van der Waals surface area contributed by atoms with Gasteiger partial charge < -0.3 is 10.2 Å². The number of hydrogen-bond acceptors (Lipinski definition) is 6. The molecule has 1 unspecified atom stereocenters. The Bertz CT molecular complexity index is 1100. The molecule has 6 nitrogen and oxygen atoms in total. The minimum atomic E-state index is -0.832. The first-order valence-corrected chi connectivity index (χ1v) is 9.42. The fourth-order valence-corrected chi connectivity index (χ4v) is 4.35. The second-order valence-electron chi connectivity index (χ2n) is 6.36. The summed E-state index contributed by atoms with van der Waals surface area (Å²) < 4.78 is 0. The Balaban J connectivity index is 1.99. The van der Waals surface area contributed by atoms with Gasteiger partial charge >= 0.3 is 0 Å². The van der Waals surface area contributed by atoms with E-state index in [-0.39, 0.29) is 22.8 Å². The molecule has 1 saturated heterocycles. The molecular formula is C21H16N2O4S. The number of amides is 1. The van der Waals surface area contributed by atoms with Crippen molar-refractivity contribution in [1.82, 2.24) is 4.98 Å². The van der Waals surface area contributed by atoms with Crippen molar-refractivity contribution in [2.75, 3.05) is 4.90 Å². The number of para-hydroxylation sites is 2. The highest BCUT2D eigenvalue weighted by molar-refractivity contribution is 7.10. The van der Waals surface area contributed by atoms with E-state index >= 15 is 0 Å². The zero-order chi connectivity index (χ0) is 19.8. The molecule has 0 aliphatic carbocycles. The molecule has 1 aliphatic rings. The molecule has 0 spiro atoms. The summed E-state index contributed by atoms with van der Waals surface area (Å²) in [5.41, 5.74) is 1.49. The zero-order valence-corrected chi connectivity index (χ0v) is 15.7. The zero-order valence-electron chi connectivity index (χ0n) is 14.9. The molecule has 1 fully saturated rings. The van der Waals surface area contributed by atoms with Crippen molar-refractivity contribution in [1.29, 1.82) is 0 Å². The number of benzene rings is 1. The number of phenolic OH excluding ortho intramolecular Hbond substituents is 1. The number of carbonyl (C=O) groups is 2. The standard InChI is InChI=1S/C21H16N2O4S/c1-12-8-11-28-20(12)17-16(18(25)13-6-9-22-10-7-13)19(26)21(27)23(17)14-4-2-3-5-15(14)24/h2-11,17,24-25H,1H3/b18-16-. The van der Waals surface area contributed by atoms with E-state index < -0.39 is 17.7 Å². The number of ketones is 1. The summed E-state index contributed by atoms with van der Waals surface area (Å²) in [6.07, 6.45) is 3.00. The number of hydrogen-bond donors (Lipinski definition) is 2. The van der Waals surface area contributed by atoms with Gasteiger partial charge in [0.1, 0.15) is 17.6 Å². The number of rotatable bonds is 3. The van der Waals surface area contributed by atoms with Gasteiger partial charge in [-0.1, -0.05) is 12.1 Å². The van der Waals surface area contributed by atoms with Crippen LogP contribution in [0, 0.1) is 6.92 Å². The highest BCUT2D eigenvalue weighted by atomic mass is 32.1. The van der Waals surface area contributed by atoms with Gasteiger partial charge in [0.25, 0.3) is 11.7 Å². The number of carbonyl (C=O) groups excluding carboxylic acids is 2.